The lowest BCUT2D eigenvalue weighted by atomic mass is 10.1. The summed E-state index contributed by atoms with van der Waals surface area (Å²) in [6.07, 6.45) is 0.574. The van der Waals surface area contributed by atoms with E-state index in [4.69, 9.17) is 15.2 Å². The maximum Gasteiger partial charge on any atom is 0.123 e. The summed E-state index contributed by atoms with van der Waals surface area (Å²) in [6, 6.07) is 15.6. The lowest BCUT2D eigenvalue weighted by Gasteiger charge is -2.13. The maximum atomic E-state index is 5.99. The van der Waals surface area contributed by atoms with Crippen molar-refractivity contribution in [1.29, 1.82) is 0 Å². The van der Waals surface area contributed by atoms with Gasteiger partial charge >= 0.3 is 0 Å². The van der Waals surface area contributed by atoms with E-state index in [1.54, 1.807) is 7.11 Å². The van der Waals surface area contributed by atoms with Crippen molar-refractivity contribution in [3.05, 3.63) is 58.6 Å². The van der Waals surface area contributed by atoms with Crippen LogP contribution in [0.15, 0.2) is 58.0 Å². The van der Waals surface area contributed by atoms with Crippen LogP contribution in [-0.2, 0) is 6.42 Å². The third-order valence-electron chi connectivity index (χ3n) is 3.23. The minimum absolute atomic E-state index is 0.0643. The van der Waals surface area contributed by atoms with E-state index in [0.29, 0.717) is 18.8 Å². The highest BCUT2D eigenvalue weighted by Crippen LogP contribution is 2.20. The van der Waals surface area contributed by atoms with Gasteiger partial charge in [0.05, 0.1) is 19.5 Å². The van der Waals surface area contributed by atoms with Crippen LogP contribution >= 0.6 is 15.9 Å². The Kier molecular flexibility index (Phi) is 6.47. The van der Waals surface area contributed by atoms with E-state index in [2.05, 4.69) is 20.9 Å². The molecule has 4 nitrogen and oxygen atoms in total. The second-order valence-corrected chi connectivity index (χ2v) is 6.16. The van der Waals surface area contributed by atoms with Crippen LogP contribution in [0.2, 0.25) is 0 Å². The second-order valence-electron chi connectivity index (χ2n) is 5.24. The van der Waals surface area contributed by atoms with Gasteiger partial charge in [-0.2, -0.15) is 0 Å². The van der Waals surface area contributed by atoms with Crippen molar-refractivity contribution in [3.63, 3.8) is 0 Å². The lowest BCUT2D eigenvalue weighted by Crippen LogP contribution is -2.21. The van der Waals surface area contributed by atoms with Crippen molar-refractivity contribution in [2.75, 3.05) is 13.7 Å². The molecule has 0 aliphatic rings. The Morgan fingerprint density at radius 1 is 1.17 bits per heavy atom. The van der Waals surface area contributed by atoms with Gasteiger partial charge in [-0.15, -0.1) is 0 Å². The first kappa shape index (κ1) is 17.3. The Morgan fingerprint density at radius 2 is 1.87 bits per heavy atom. The molecule has 2 rings (SSSR count). The van der Waals surface area contributed by atoms with Crippen molar-refractivity contribution in [1.82, 2.24) is 0 Å². The zero-order valence-electron chi connectivity index (χ0n) is 13.3. The van der Waals surface area contributed by atoms with E-state index in [1.165, 1.54) is 0 Å². The molecule has 2 aromatic carbocycles. The molecule has 1 unspecified atom stereocenters. The van der Waals surface area contributed by atoms with Gasteiger partial charge in [0.25, 0.3) is 0 Å². The standard InChI is InChI=1S/C18H21BrN2O2/c1-13(23-17-5-3-4-16(11-17)22-2)12-21-18(20)10-14-6-8-15(19)9-7-14/h3-9,11,13H,10,12H2,1-2H3,(H2,20,21). The Bertz CT molecular complexity index is 656. The summed E-state index contributed by atoms with van der Waals surface area (Å²) in [5, 5.41) is 0. The molecule has 2 N–H and O–H groups in total. The molecular formula is C18H21BrN2O2. The number of aliphatic imine (C=N–C) groups is 1. The van der Waals surface area contributed by atoms with Crippen LogP contribution in [0.3, 0.4) is 0 Å². The summed E-state index contributed by atoms with van der Waals surface area (Å²) in [5.41, 5.74) is 7.13. The predicted molar refractivity (Wildman–Crippen MR) is 97.4 cm³/mol. The SMILES string of the molecule is COc1cccc(OC(C)CN=C(N)Cc2ccc(Br)cc2)c1. The molecule has 0 fully saturated rings. The summed E-state index contributed by atoms with van der Waals surface area (Å²) in [4.78, 5) is 4.41. The van der Waals surface area contributed by atoms with Crippen LogP contribution in [-0.4, -0.2) is 25.6 Å². The number of nitrogens with two attached hydrogens (primary N) is 1. The summed E-state index contributed by atoms with van der Waals surface area (Å²) in [5.74, 6) is 2.14. The van der Waals surface area contributed by atoms with Gasteiger partial charge in [-0.1, -0.05) is 34.1 Å². The van der Waals surface area contributed by atoms with Crippen LogP contribution in [0.4, 0.5) is 0 Å². The molecule has 0 aliphatic heterocycles. The van der Waals surface area contributed by atoms with E-state index in [-0.39, 0.29) is 6.10 Å². The van der Waals surface area contributed by atoms with E-state index in [0.717, 1.165) is 21.5 Å². The molecular weight excluding hydrogens is 356 g/mol. The first-order valence-corrected chi connectivity index (χ1v) is 8.20. The molecule has 2 aromatic rings. The lowest BCUT2D eigenvalue weighted by molar-refractivity contribution is 0.229. The molecule has 5 heteroatoms. The minimum Gasteiger partial charge on any atom is -0.497 e. The Balaban J connectivity index is 1.86. The topological polar surface area (TPSA) is 56.8 Å². The van der Waals surface area contributed by atoms with Crippen molar-refractivity contribution >= 4 is 21.8 Å². The third kappa shape index (κ3) is 5.94. The number of ether oxygens (including phenoxy) is 2. The molecule has 0 saturated carbocycles. The predicted octanol–water partition coefficient (Wildman–Crippen LogP) is 3.82. The van der Waals surface area contributed by atoms with Crippen molar-refractivity contribution in [2.45, 2.75) is 19.4 Å². The van der Waals surface area contributed by atoms with E-state index < -0.39 is 0 Å². The number of nitrogens with zero attached hydrogens (tertiary/aromatic N) is 1. The van der Waals surface area contributed by atoms with Crippen LogP contribution in [0.25, 0.3) is 0 Å². The van der Waals surface area contributed by atoms with Gasteiger partial charge in [0.15, 0.2) is 0 Å². The fraction of sp³-hybridized carbons (Fsp3) is 0.278. The zero-order valence-corrected chi connectivity index (χ0v) is 14.9. The first-order valence-electron chi connectivity index (χ1n) is 7.41. The quantitative estimate of drug-likeness (QED) is 0.590. The third-order valence-corrected chi connectivity index (χ3v) is 3.76. The Hall–Kier alpha value is -2.01. The van der Waals surface area contributed by atoms with Crippen molar-refractivity contribution in [3.8, 4) is 11.5 Å². The fourth-order valence-corrected chi connectivity index (χ4v) is 2.32. The van der Waals surface area contributed by atoms with Gasteiger partial charge in [0, 0.05) is 17.0 Å². The second kappa shape index (κ2) is 8.58. The Morgan fingerprint density at radius 3 is 2.57 bits per heavy atom. The molecule has 0 aliphatic carbocycles. The van der Waals surface area contributed by atoms with Crippen molar-refractivity contribution in [2.24, 2.45) is 10.7 Å². The van der Waals surface area contributed by atoms with Gasteiger partial charge < -0.3 is 15.2 Å². The fourth-order valence-electron chi connectivity index (χ4n) is 2.06. The molecule has 0 spiro atoms. The number of hydrogen-bond donors (Lipinski definition) is 1. The smallest absolute Gasteiger partial charge is 0.123 e. The highest BCUT2D eigenvalue weighted by atomic mass is 79.9. The molecule has 23 heavy (non-hydrogen) atoms. The number of hydrogen-bond acceptors (Lipinski definition) is 3. The first-order chi connectivity index (χ1) is 11.1. The molecule has 0 heterocycles. The summed E-state index contributed by atoms with van der Waals surface area (Å²) in [7, 11) is 1.63. The van der Waals surface area contributed by atoms with Crippen LogP contribution in [0.1, 0.15) is 12.5 Å². The molecule has 0 aromatic heterocycles. The molecule has 0 radical (unpaired) electrons. The molecule has 1 atom stereocenters. The minimum atomic E-state index is -0.0643. The van der Waals surface area contributed by atoms with Crippen LogP contribution < -0.4 is 15.2 Å². The molecule has 0 bridgehead atoms. The number of amidine groups is 1. The van der Waals surface area contributed by atoms with E-state index in [1.807, 2.05) is 55.5 Å². The summed E-state index contributed by atoms with van der Waals surface area (Å²) >= 11 is 3.42. The molecule has 0 amide bonds. The average molecular weight is 377 g/mol. The number of benzene rings is 2. The average Bonchev–Trinajstić information content (AvgIpc) is 2.55. The van der Waals surface area contributed by atoms with Gasteiger partial charge in [-0.3, -0.25) is 4.99 Å². The van der Waals surface area contributed by atoms with Gasteiger partial charge in [-0.05, 0) is 36.8 Å². The van der Waals surface area contributed by atoms with Gasteiger partial charge in [-0.25, -0.2) is 0 Å². The van der Waals surface area contributed by atoms with E-state index in [9.17, 15) is 0 Å². The van der Waals surface area contributed by atoms with Gasteiger partial charge in [0.1, 0.15) is 17.6 Å². The monoisotopic (exact) mass is 376 g/mol. The highest BCUT2D eigenvalue weighted by molar-refractivity contribution is 9.10. The largest absolute Gasteiger partial charge is 0.497 e. The van der Waals surface area contributed by atoms with Crippen LogP contribution in [0, 0.1) is 0 Å². The zero-order chi connectivity index (χ0) is 16.7. The number of rotatable bonds is 7. The molecule has 122 valence electrons. The highest BCUT2D eigenvalue weighted by Gasteiger charge is 2.05. The molecule has 0 saturated heterocycles. The number of halogens is 1. The summed E-state index contributed by atoms with van der Waals surface area (Å²) in [6.45, 7) is 2.48. The van der Waals surface area contributed by atoms with Gasteiger partial charge in [0.2, 0.25) is 0 Å². The summed E-state index contributed by atoms with van der Waals surface area (Å²) < 4.78 is 12.1. The normalized spacial score (nSPS) is 12.7. The number of methoxy groups -OCH3 is 1. The van der Waals surface area contributed by atoms with Crippen LogP contribution in [0.5, 0.6) is 11.5 Å². The van der Waals surface area contributed by atoms with Crippen molar-refractivity contribution < 1.29 is 9.47 Å². The Labute approximate surface area is 145 Å². The maximum absolute atomic E-state index is 5.99. The van der Waals surface area contributed by atoms with E-state index >= 15 is 0 Å².